The Morgan fingerprint density at radius 3 is 2.64 bits per heavy atom. The van der Waals surface area contributed by atoms with E-state index in [4.69, 9.17) is 4.74 Å². The van der Waals surface area contributed by atoms with Crippen LogP contribution in [0.3, 0.4) is 0 Å². The SMILES string of the molecule is COCc1cccc(NC(=O)NC(C)c2cccc(OC(F)F)c2)c1. The molecule has 7 heteroatoms. The van der Waals surface area contributed by atoms with Gasteiger partial charge in [0.25, 0.3) is 0 Å². The molecule has 0 saturated carbocycles. The van der Waals surface area contributed by atoms with E-state index in [0.29, 0.717) is 17.9 Å². The number of methoxy groups -OCH3 is 1. The van der Waals surface area contributed by atoms with Crippen LogP contribution in [0.2, 0.25) is 0 Å². The van der Waals surface area contributed by atoms with Gasteiger partial charge < -0.3 is 20.1 Å². The molecule has 1 atom stereocenters. The highest BCUT2D eigenvalue weighted by molar-refractivity contribution is 5.89. The van der Waals surface area contributed by atoms with E-state index in [2.05, 4.69) is 15.4 Å². The number of carbonyl (C=O) groups is 1. The number of halogens is 2. The molecule has 0 fully saturated rings. The molecule has 2 rings (SSSR count). The number of hydrogen-bond acceptors (Lipinski definition) is 3. The second-order valence-corrected chi connectivity index (χ2v) is 5.40. The number of rotatable bonds is 7. The van der Waals surface area contributed by atoms with Gasteiger partial charge in [-0.2, -0.15) is 8.78 Å². The molecule has 2 N–H and O–H groups in total. The van der Waals surface area contributed by atoms with Crippen LogP contribution in [0.25, 0.3) is 0 Å². The fourth-order valence-corrected chi connectivity index (χ4v) is 2.31. The molecule has 0 aliphatic carbocycles. The molecule has 0 radical (unpaired) electrons. The molecular formula is C18H20F2N2O3. The Balaban J connectivity index is 1.97. The minimum Gasteiger partial charge on any atom is -0.435 e. The number of hydrogen-bond donors (Lipinski definition) is 2. The van der Waals surface area contributed by atoms with Gasteiger partial charge in [-0.25, -0.2) is 4.79 Å². The van der Waals surface area contributed by atoms with E-state index in [1.54, 1.807) is 32.2 Å². The van der Waals surface area contributed by atoms with Crippen molar-refractivity contribution in [3.8, 4) is 5.75 Å². The van der Waals surface area contributed by atoms with Gasteiger partial charge in [-0.1, -0.05) is 24.3 Å². The first-order valence-corrected chi connectivity index (χ1v) is 7.68. The van der Waals surface area contributed by atoms with Gasteiger partial charge in [-0.15, -0.1) is 0 Å². The Morgan fingerprint density at radius 1 is 1.16 bits per heavy atom. The predicted molar refractivity (Wildman–Crippen MR) is 90.8 cm³/mol. The Bertz CT molecular complexity index is 710. The quantitative estimate of drug-likeness (QED) is 0.782. The first-order valence-electron chi connectivity index (χ1n) is 7.68. The first-order chi connectivity index (χ1) is 12.0. The maximum Gasteiger partial charge on any atom is 0.387 e. The van der Waals surface area contributed by atoms with E-state index in [9.17, 15) is 13.6 Å². The van der Waals surface area contributed by atoms with Crippen molar-refractivity contribution in [2.45, 2.75) is 26.2 Å². The van der Waals surface area contributed by atoms with Crippen LogP contribution >= 0.6 is 0 Å². The number of benzene rings is 2. The summed E-state index contributed by atoms with van der Waals surface area (Å²) >= 11 is 0. The molecule has 25 heavy (non-hydrogen) atoms. The number of amides is 2. The van der Waals surface area contributed by atoms with E-state index in [1.165, 1.54) is 12.1 Å². The maximum atomic E-state index is 12.3. The van der Waals surface area contributed by atoms with Gasteiger partial charge in [0.1, 0.15) is 5.75 Å². The van der Waals surface area contributed by atoms with Crippen molar-refractivity contribution in [2.24, 2.45) is 0 Å². The van der Waals surface area contributed by atoms with Gasteiger partial charge in [0, 0.05) is 12.8 Å². The van der Waals surface area contributed by atoms with Crippen LogP contribution in [0, 0.1) is 0 Å². The summed E-state index contributed by atoms with van der Waals surface area (Å²) in [5.74, 6) is 0.0498. The molecule has 0 spiro atoms. The normalized spacial score (nSPS) is 11.9. The molecule has 0 aliphatic heterocycles. The Labute approximate surface area is 144 Å². The van der Waals surface area contributed by atoms with Crippen LogP contribution < -0.4 is 15.4 Å². The highest BCUT2D eigenvalue weighted by Gasteiger charge is 2.12. The van der Waals surface area contributed by atoms with Gasteiger partial charge in [-0.05, 0) is 42.3 Å². The van der Waals surface area contributed by atoms with E-state index < -0.39 is 12.6 Å². The minimum atomic E-state index is -2.89. The standard InChI is InChI=1S/C18H20F2N2O3/c1-12(14-6-4-8-16(10-14)25-17(19)20)21-18(23)22-15-7-3-5-13(9-15)11-24-2/h3-10,12,17H,11H2,1-2H3,(H2,21,22,23). The van der Waals surface area contributed by atoms with Crippen LogP contribution in [0.4, 0.5) is 19.3 Å². The lowest BCUT2D eigenvalue weighted by Crippen LogP contribution is -2.31. The molecule has 0 aliphatic rings. The van der Waals surface area contributed by atoms with Crippen LogP contribution in [-0.4, -0.2) is 19.8 Å². The molecule has 0 bridgehead atoms. The second kappa shape index (κ2) is 8.98. The lowest BCUT2D eigenvalue weighted by atomic mass is 10.1. The van der Waals surface area contributed by atoms with E-state index in [-0.39, 0.29) is 11.8 Å². The summed E-state index contributed by atoms with van der Waals surface area (Å²) < 4.78 is 34.0. The Kier molecular flexibility index (Phi) is 6.71. The van der Waals surface area contributed by atoms with Crippen molar-refractivity contribution in [3.05, 3.63) is 59.7 Å². The monoisotopic (exact) mass is 350 g/mol. The molecule has 2 aromatic rings. The number of ether oxygens (including phenoxy) is 2. The third kappa shape index (κ3) is 6.04. The van der Waals surface area contributed by atoms with Crippen LogP contribution in [0.5, 0.6) is 5.75 Å². The second-order valence-electron chi connectivity index (χ2n) is 5.40. The highest BCUT2D eigenvalue weighted by Crippen LogP contribution is 2.21. The number of anilines is 1. The minimum absolute atomic E-state index is 0.0498. The van der Waals surface area contributed by atoms with Gasteiger partial charge in [0.15, 0.2) is 0 Å². The van der Waals surface area contributed by atoms with Gasteiger partial charge in [0.2, 0.25) is 0 Å². The maximum absolute atomic E-state index is 12.3. The number of alkyl halides is 2. The van der Waals surface area contributed by atoms with Gasteiger partial charge >= 0.3 is 12.6 Å². The summed E-state index contributed by atoms with van der Waals surface area (Å²) in [6, 6.07) is 12.7. The molecule has 1 unspecified atom stereocenters. The van der Waals surface area contributed by atoms with Crippen molar-refractivity contribution in [1.29, 1.82) is 0 Å². The highest BCUT2D eigenvalue weighted by atomic mass is 19.3. The zero-order chi connectivity index (χ0) is 18.2. The first kappa shape index (κ1) is 18.7. The van der Waals surface area contributed by atoms with Gasteiger partial charge in [-0.3, -0.25) is 0 Å². The summed E-state index contributed by atoms with van der Waals surface area (Å²) in [5.41, 5.74) is 2.22. The van der Waals surface area contributed by atoms with Crippen molar-refractivity contribution < 1.29 is 23.0 Å². The molecule has 0 aromatic heterocycles. The van der Waals surface area contributed by atoms with Crippen LogP contribution in [0.15, 0.2) is 48.5 Å². The molecular weight excluding hydrogens is 330 g/mol. The summed E-state index contributed by atoms with van der Waals surface area (Å²) in [6.07, 6.45) is 0. The summed E-state index contributed by atoms with van der Waals surface area (Å²) in [6.45, 7) is -0.687. The van der Waals surface area contributed by atoms with Crippen molar-refractivity contribution in [1.82, 2.24) is 5.32 Å². The number of urea groups is 1. The Hall–Kier alpha value is -2.67. The fourth-order valence-electron chi connectivity index (χ4n) is 2.31. The third-order valence-corrected chi connectivity index (χ3v) is 3.43. The number of nitrogens with one attached hydrogen (secondary N) is 2. The van der Waals surface area contributed by atoms with Crippen molar-refractivity contribution in [2.75, 3.05) is 12.4 Å². The summed E-state index contributed by atoms with van der Waals surface area (Å²) in [4.78, 5) is 12.1. The topological polar surface area (TPSA) is 59.6 Å². The van der Waals surface area contributed by atoms with Crippen LogP contribution in [-0.2, 0) is 11.3 Å². The lowest BCUT2D eigenvalue weighted by molar-refractivity contribution is -0.0499. The molecule has 2 amide bonds. The zero-order valence-corrected chi connectivity index (χ0v) is 14.0. The molecule has 0 heterocycles. The molecule has 0 saturated heterocycles. The van der Waals surface area contributed by atoms with E-state index in [0.717, 1.165) is 5.56 Å². The van der Waals surface area contributed by atoms with Crippen molar-refractivity contribution >= 4 is 11.7 Å². The molecule has 5 nitrogen and oxygen atoms in total. The lowest BCUT2D eigenvalue weighted by Gasteiger charge is -2.16. The van der Waals surface area contributed by atoms with Crippen molar-refractivity contribution in [3.63, 3.8) is 0 Å². The fraction of sp³-hybridized carbons (Fsp3) is 0.278. The molecule has 2 aromatic carbocycles. The number of carbonyl (C=O) groups excluding carboxylic acids is 1. The van der Waals surface area contributed by atoms with E-state index >= 15 is 0 Å². The summed E-state index contributed by atoms with van der Waals surface area (Å²) in [5, 5.41) is 5.48. The average Bonchev–Trinajstić information content (AvgIpc) is 2.55. The van der Waals surface area contributed by atoms with Crippen LogP contribution in [0.1, 0.15) is 24.1 Å². The molecule has 134 valence electrons. The smallest absolute Gasteiger partial charge is 0.387 e. The average molecular weight is 350 g/mol. The zero-order valence-electron chi connectivity index (χ0n) is 14.0. The predicted octanol–water partition coefficient (Wildman–Crippen LogP) is 4.32. The Morgan fingerprint density at radius 2 is 1.92 bits per heavy atom. The summed E-state index contributed by atoms with van der Waals surface area (Å²) in [7, 11) is 1.60. The van der Waals surface area contributed by atoms with E-state index in [1.807, 2.05) is 18.2 Å². The van der Waals surface area contributed by atoms with Gasteiger partial charge in [0.05, 0.1) is 12.6 Å². The third-order valence-electron chi connectivity index (χ3n) is 3.43. The largest absolute Gasteiger partial charge is 0.435 e.